The molecule has 0 aliphatic heterocycles. The van der Waals surface area contributed by atoms with Gasteiger partial charge in [0.05, 0.1) is 6.26 Å². The first-order valence-electron chi connectivity index (χ1n) is 9.07. The van der Waals surface area contributed by atoms with Crippen molar-refractivity contribution in [2.45, 2.75) is 39.2 Å². The van der Waals surface area contributed by atoms with Crippen LogP contribution in [0.5, 0.6) is 0 Å². The summed E-state index contributed by atoms with van der Waals surface area (Å²) in [5.41, 5.74) is 1.92. The van der Waals surface area contributed by atoms with E-state index in [9.17, 15) is 18.0 Å². The largest absolute Gasteiger partial charge is 0.450 e. The van der Waals surface area contributed by atoms with E-state index in [0.29, 0.717) is 22.0 Å². The minimum atomic E-state index is -3.38. The molecule has 3 rings (SSSR count). The van der Waals surface area contributed by atoms with E-state index >= 15 is 0 Å². The molecule has 0 unspecified atom stereocenters. The van der Waals surface area contributed by atoms with Crippen LogP contribution in [0.1, 0.15) is 50.7 Å². The molecule has 150 valence electrons. The van der Waals surface area contributed by atoms with Crippen LogP contribution in [0.4, 0.5) is 5.69 Å². The predicted octanol–water partition coefficient (Wildman–Crippen LogP) is 3.67. The third kappa shape index (κ3) is 4.99. The molecule has 0 saturated heterocycles. The number of anilines is 1. The maximum atomic E-state index is 12.5. The van der Waals surface area contributed by atoms with E-state index in [2.05, 4.69) is 11.6 Å². The fourth-order valence-corrected chi connectivity index (χ4v) is 4.89. The molecule has 0 spiro atoms. The van der Waals surface area contributed by atoms with Crippen LogP contribution >= 0.6 is 11.3 Å². The highest BCUT2D eigenvalue weighted by Crippen LogP contribution is 2.32. The van der Waals surface area contributed by atoms with Gasteiger partial charge in [-0.2, -0.15) is 0 Å². The number of hydrogen-bond donors (Lipinski definition) is 1. The molecule has 0 bridgehead atoms. The normalized spacial score (nSPS) is 17.5. The van der Waals surface area contributed by atoms with Crippen molar-refractivity contribution >= 4 is 38.8 Å². The number of fused-ring (bicyclic) bond motifs is 1. The maximum absolute atomic E-state index is 12.5. The molecule has 0 saturated carbocycles. The number of ketones is 1. The van der Waals surface area contributed by atoms with E-state index in [-0.39, 0.29) is 5.78 Å². The van der Waals surface area contributed by atoms with Crippen LogP contribution in [-0.4, -0.2) is 32.5 Å². The predicted molar refractivity (Wildman–Crippen MR) is 110 cm³/mol. The molecule has 1 N–H and O–H groups in total. The molecule has 2 aromatic rings. The second-order valence-corrected chi connectivity index (χ2v) is 10.2. The number of Topliss-reactive ketones (excluding diaryl/α,β-unsaturated/α-hetero) is 1. The lowest BCUT2D eigenvalue weighted by molar-refractivity contribution is 0.0323. The molecule has 0 fully saturated rings. The van der Waals surface area contributed by atoms with Gasteiger partial charge in [0.2, 0.25) is 15.8 Å². The minimum absolute atomic E-state index is 0.339. The van der Waals surface area contributed by atoms with Crippen molar-refractivity contribution in [3.05, 3.63) is 51.2 Å². The number of thiophene rings is 1. The first-order chi connectivity index (χ1) is 13.1. The van der Waals surface area contributed by atoms with Gasteiger partial charge in [-0.05, 0) is 68.0 Å². The highest BCUT2D eigenvalue weighted by atomic mass is 32.2. The number of nitrogens with one attached hydrogen (secondary N) is 1. The number of sulfonamides is 1. The fraction of sp³-hybridized carbons (Fsp3) is 0.400. The van der Waals surface area contributed by atoms with Gasteiger partial charge in [-0.25, -0.2) is 13.2 Å². The topological polar surface area (TPSA) is 89.5 Å². The Morgan fingerprint density at radius 3 is 2.57 bits per heavy atom. The highest BCUT2D eigenvalue weighted by Gasteiger charge is 2.24. The zero-order valence-electron chi connectivity index (χ0n) is 16.0. The first kappa shape index (κ1) is 20.5. The Morgan fingerprint density at radius 2 is 1.93 bits per heavy atom. The lowest BCUT2D eigenvalue weighted by Gasteiger charge is -2.16. The number of hydrogen-bond acceptors (Lipinski definition) is 6. The smallest absolute Gasteiger partial charge is 0.349 e. The van der Waals surface area contributed by atoms with E-state index in [1.165, 1.54) is 46.0 Å². The number of rotatable bonds is 6. The summed E-state index contributed by atoms with van der Waals surface area (Å²) in [7, 11) is -3.38. The average Bonchev–Trinajstić information content (AvgIpc) is 3.03. The summed E-state index contributed by atoms with van der Waals surface area (Å²) in [5, 5.41) is 0. The van der Waals surface area contributed by atoms with Crippen LogP contribution in [0, 0.1) is 5.92 Å². The van der Waals surface area contributed by atoms with Crippen molar-refractivity contribution < 1.29 is 22.7 Å². The summed E-state index contributed by atoms with van der Waals surface area (Å²) in [6.07, 6.45) is 3.20. The Morgan fingerprint density at radius 1 is 1.25 bits per heavy atom. The molecule has 1 aromatic heterocycles. The second-order valence-electron chi connectivity index (χ2n) is 7.27. The maximum Gasteiger partial charge on any atom is 0.349 e. The van der Waals surface area contributed by atoms with Crippen LogP contribution in [-0.2, 0) is 27.6 Å². The van der Waals surface area contributed by atoms with Gasteiger partial charge >= 0.3 is 5.97 Å². The van der Waals surface area contributed by atoms with Crippen LogP contribution in [0.3, 0.4) is 0 Å². The molecular formula is C20H23NO5S2. The van der Waals surface area contributed by atoms with Gasteiger partial charge in [-0.1, -0.05) is 6.92 Å². The van der Waals surface area contributed by atoms with Gasteiger partial charge in [0.1, 0.15) is 4.88 Å². The highest BCUT2D eigenvalue weighted by molar-refractivity contribution is 7.92. The number of benzene rings is 1. The molecule has 1 aliphatic rings. The molecular weight excluding hydrogens is 398 g/mol. The fourth-order valence-electron chi connectivity index (χ4n) is 3.23. The van der Waals surface area contributed by atoms with Gasteiger partial charge in [-0.3, -0.25) is 9.52 Å². The molecule has 0 amide bonds. The van der Waals surface area contributed by atoms with Crippen molar-refractivity contribution in [3.8, 4) is 0 Å². The zero-order valence-corrected chi connectivity index (χ0v) is 17.7. The van der Waals surface area contributed by atoms with Gasteiger partial charge in [-0.15, -0.1) is 11.3 Å². The van der Waals surface area contributed by atoms with Crippen molar-refractivity contribution in [1.82, 2.24) is 0 Å². The quantitative estimate of drug-likeness (QED) is 0.568. The van der Waals surface area contributed by atoms with Crippen molar-refractivity contribution in [3.63, 3.8) is 0 Å². The molecule has 2 atom stereocenters. The molecule has 1 aliphatic carbocycles. The Hall–Kier alpha value is -2.19. The van der Waals surface area contributed by atoms with E-state index in [4.69, 9.17) is 4.74 Å². The van der Waals surface area contributed by atoms with Gasteiger partial charge in [0.15, 0.2) is 6.10 Å². The van der Waals surface area contributed by atoms with Crippen LogP contribution in [0.25, 0.3) is 0 Å². The summed E-state index contributed by atoms with van der Waals surface area (Å²) in [6, 6.07) is 7.90. The summed E-state index contributed by atoms with van der Waals surface area (Å²) in [4.78, 5) is 26.8. The SMILES string of the molecule is C[C@H]1CCc2sc(C(=O)O[C@@H](C)C(=O)c3ccc(NS(C)(=O)=O)cc3)cc2C1. The number of carbonyl (C=O) groups excluding carboxylic acids is 2. The molecule has 6 nitrogen and oxygen atoms in total. The average molecular weight is 422 g/mol. The van der Waals surface area contributed by atoms with E-state index in [1.54, 1.807) is 6.92 Å². The number of esters is 1. The standard InChI is InChI=1S/C20H23NO5S2/c1-12-4-9-17-15(10-12)11-18(27-17)20(23)26-13(2)19(22)14-5-7-16(8-6-14)21-28(3,24)25/h5-8,11-13,21H,4,9-10H2,1-3H3/t12-,13-/m0/s1. The molecule has 0 radical (unpaired) electrons. The van der Waals surface area contributed by atoms with Gasteiger partial charge in [0.25, 0.3) is 0 Å². The van der Waals surface area contributed by atoms with Gasteiger partial charge < -0.3 is 4.74 Å². The van der Waals surface area contributed by atoms with E-state index in [0.717, 1.165) is 25.5 Å². The minimum Gasteiger partial charge on any atom is -0.450 e. The summed E-state index contributed by atoms with van der Waals surface area (Å²) in [6.45, 7) is 3.74. The van der Waals surface area contributed by atoms with Crippen LogP contribution < -0.4 is 4.72 Å². The number of carbonyl (C=O) groups is 2. The van der Waals surface area contributed by atoms with Crippen molar-refractivity contribution in [1.29, 1.82) is 0 Å². The molecule has 8 heteroatoms. The monoisotopic (exact) mass is 421 g/mol. The van der Waals surface area contributed by atoms with Gasteiger partial charge in [0, 0.05) is 16.1 Å². The summed E-state index contributed by atoms with van der Waals surface area (Å²) in [5.74, 6) is -0.205. The summed E-state index contributed by atoms with van der Waals surface area (Å²) >= 11 is 1.45. The van der Waals surface area contributed by atoms with Crippen molar-refractivity contribution in [2.24, 2.45) is 5.92 Å². The van der Waals surface area contributed by atoms with Crippen LogP contribution in [0.15, 0.2) is 30.3 Å². The molecule has 1 aromatic carbocycles. The number of ether oxygens (including phenoxy) is 1. The van der Waals surface area contributed by atoms with Crippen LogP contribution in [0.2, 0.25) is 0 Å². The van der Waals surface area contributed by atoms with E-state index < -0.39 is 22.1 Å². The lowest BCUT2D eigenvalue weighted by Crippen LogP contribution is -2.24. The molecule has 1 heterocycles. The Labute approximate surface area is 169 Å². The van der Waals surface area contributed by atoms with E-state index in [1.807, 2.05) is 6.07 Å². The lowest BCUT2D eigenvalue weighted by atomic mass is 9.90. The Kier molecular flexibility index (Phi) is 5.90. The zero-order chi connectivity index (χ0) is 20.5. The Balaban J connectivity index is 1.64. The first-order valence-corrected chi connectivity index (χ1v) is 11.8. The number of aryl methyl sites for hydroxylation is 1. The Bertz CT molecular complexity index is 992. The third-order valence-corrected chi connectivity index (χ3v) is 6.48. The third-order valence-electron chi connectivity index (χ3n) is 4.66. The molecule has 28 heavy (non-hydrogen) atoms. The second kappa shape index (κ2) is 8.05. The van der Waals surface area contributed by atoms with Crippen molar-refractivity contribution in [2.75, 3.05) is 11.0 Å². The summed E-state index contributed by atoms with van der Waals surface area (Å²) < 4.78 is 30.2.